The number of carbonyl (C=O) groups is 2. The van der Waals surface area contributed by atoms with Crippen molar-refractivity contribution in [3.8, 4) is 11.5 Å². The lowest BCUT2D eigenvalue weighted by Crippen LogP contribution is -2.39. The number of amides is 2. The van der Waals surface area contributed by atoms with Crippen molar-refractivity contribution in [1.29, 1.82) is 0 Å². The van der Waals surface area contributed by atoms with Crippen LogP contribution in [0.2, 0.25) is 0 Å². The Labute approximate surface area is 223 Å². The van der Waals surface area contributed by atoms with Crippen LogP contribution < -0.4 is 19.1 Å². The molecule has 2 amide bonds. The van der Waals surface area contributed by atoms with Crippen molar-refractivity contribution in [2.45, 2.75) is 24.2 Å². The Bertz CT molecular complexity index is 1390. The minimum Gasteiger partial charge on any atom is -0.497 e. The summed E-state index contributed by atoms with van der Waals surface area (Å²) in [6, 6.07) is 19.2. The highest BCUT2D eigenvalue weighted by Gasteiger charge is 2.30. The normalized spacial score (nSPS) is 13.5. The first-order valence-electron chi connectivity index (χ1n) is 12.3. The number of anilines is 2. The van der Waals surface area contributed by atoms with E-state index < -0.39 is 22.5 Å². The van der Waals surface area contributed by atoms with Gasteiger partial charge in [0, 0.05) is 13.1 Å². The SMILES string of the molecule is COc1ccc(S(=O)(=O)N(CC(=O)Nc2ccccc2C(=O)N2CCCCC2)c2ccccc2OC)cc1. The summed E-state index contributed by atoms with van der Waals surface area (Å²) in [7, 11) is -1.26. The van der Waals surface area contributed by atoms with E-state index >= 15 is 0 Å². The van der Waals surface area contributed by atoms with Gasteiger partial charge in [0.15, 0.2) is 0 Å². The first-order chi connectivity index (χ1) is 18.3. The number of nitrogens with one attached hydrogen (secondary N) is 1. The van der Waals surface area contributed by atoms with Gasteiger partial charge in [-0.15, -0.1) is 0 Å². The molecule has 1 heterocycles. The van der Waals surface area contributed by atoms with Crippen LogP contribution in [0.5, 0.6) is 11.5 Å². The van der Waals surface area contributed by atoms with E-state index in [1.165, 1.54) is 38.5 Å². The predicted molar refractivity (Wildman–Crippen MR) is 145 cm³/mol. The molecule has 9 nitrogen and oxygen atoms in total. The number of nitrogens with zero attached hydrogens (tertiary/aromatic N) is 2. The summed E-state index contributed by atoms with van der Waals surface area (Å²) >= 11 is 0. The van der Waals surface area contributed by atoms with E-state index in [4.69, 9.17) is 9.47 Å². The molecule has 38 heavy (non-hydrogen) atoms. The molecule has 1 aliphatic rings. The number of sulfonamides is 1. The van der Waals surface area contributed by atoms with Crippen molar-refractivity contribution in [2.75, 3.05) is 43.5 Å². The number of para-hydroxylation sites is 3. The van der Waals surface area contributed by atoms with E-state index in [1.807, 2.05) is 0 Å². The first kappa shape index (κ1) is 27.0. The lowest BCUT2D eigenvalue weighted by atomic mass is 10.1. The van der Waals surface area contributed by atoms with Gasteiger partial charge < -0.3 is 19.7 Å². The molecule has 1 N–H and O–H groups in total. The second-order valence-corrected chi connectivity index (χ2v) is 10.7. The number of rotatable bonds is 9. The number of likely N-dealkylation sites (tertiary alicyclic amines) is 1. The largest absolute Gasteiger partial charge is 0.497 e. The van der Waals surface area contributed by atoms with Crippen molar-refractivity contribution < 1.29 is 27.5 Å². The summed E-state index contributed by atoms with van der Waals surface area (Å²) < 4.78 is 39.1. The maximum absolute atomic E-state index is 13.8. The smallest absolute Gasteiger partial charge is 0.264 e. The van der Waals surface area contributed by atoms with E-state index in [0.717, 1.165) is 23.6 Å². The number of ether oxygens (including phenoxy) is 2. The molecule has 0 radical (unpaired) electrons. The minimum absolute atomic E-state index is 0.0160. The van der Waals surface area contributed by atoms with Gasteiger partial charge in [0.05, 0.1) is 36.1 Å². The number of methoxy groups -OCH3 is 2. The van der Waals surface area contributed by atoms with Crippen molar-refractivity contribution in [3.05, 3.63) is 78.4 Å². The van der Waals surface area contributed by atoms with Gasteiger partial charge in [-0.3, -0.25) is 13.9 Å². The van der Waals surface area contributed by atoms with Gasteiger partial charge in [0.2, 0.25) is 5.91 Å². The molecule has 200 valence electrons. The summed E-state index contributed by atoms with van der Waals surface area (Å²) in [5.74, 6) is 0.0264. The van der Waals surface area contributed by atoms with E-state index in [0.29, 0.717) is 30.1 Å². The fourth-order valence-electron chi connectivity index (χ4n) is 4.38. The van der Waals surface area contributed by atoms with Crippen LogP contribution in [0.3, 0.4) is 0 Å². The van der Waals surface area contributed by atoms with E-state index in [2.05, 4.69) is 5.32 Å². The van der Waals surface area contributed by atoms with Gasteiger partial charge in [-0.1, -0.05) is 24.3 Å². The summed E-state index contributed by atoms with van der Waals surface area (Å²) in [5.41, 5.74) is 0.901. The summed E-state index contributed by atoms with van der Waals surface area (Å²) in [5, 5.41) is 2.76. The van der Waals surface area contributed by atoms with Crippen LogP contribution in [-0.4, -0.2) is 59.0 Å². The summed E-state index contributed by atoms with van der Waals surface area (Å²) in [6.07, 6.45) is 2.97. The molecule has 10 heteroatoms. The number of piperidine rings is 1. The third-order valence-corrected chi connectivity index (χ3v) is 8.14. The maximum atomic E-state index is 13.8. The second kappa shape index (κ2) is 12.0. The Morgan fingerprint density at radius 3 is 2.21 bits per heavy atom. The van der Waals surface area contributed by atoms with Crippen LogP contribution in [0.4, 0.5) is 11.4 Å². The molecule has 0 bridgehead atoms. The third-order valence-electron chi connectivity index (χ3n) is 6.36. The van der Waals surface area contributed by atoms with Gasteiger partial charge in [-0.05, 0) is 67.8 Å². The molecule has 4 rings (SSSR count). The summed E-state index contributed by atoms with van der Waals surface area (Å²) in [6.45, 7) is 0.798. The van der Waals surface area contributed by atoms with Crippen molar-refractivity contribution in [2.24, 2.45) is 0 Å². The number of hydrogen-bond donors (Lipinski definition) is 1. The predicted octanol–water partition coefficient (Wildman–Crippen LogP) is 4.16. The molecule has 0 atom stereocenters. The molecule has 0 saturated carbocycles. The van der Waals surface area contributed by atoms with Gasteiger partial charge in [-0.2, -0.15) is 0 Å². The molecular formula is C28H31N3O6S. The molecule has 1 fully saturated rings. The van der Waals surface area contributed by atoms with Crippen LogP contribution in [0, 0.1) is 0 Å². The molecule has 3 aromatic carbocycles. The van der Waals surface area contributed by atoms with Gasteiger partial charge in [0.25, 0.3) is 15.9 Å². The van der Waals surface area contributed by atoms with Crippen LogP contribution in [0.25, 0.3) is 0 Å². The van der Waals surface area contributed by atoms with Crippen molar-refractivity contribution in [1.82, 2.24) is 4.90 Å². The lowest BCUT2D eigenvalue weighted by molar-refractivity contribution is -0.114. The molecular weight excluding hydrogens is 506 g/mol. The van der Waals surface area contributed by atoms with Gasteiger partial charge in [0.1, 0.15) is 18.0 Å². The molecule has 0 aromatic heterocycles. The molecule has 0 spiro atoms. The van der Waals surface area contributed by atoms with Crippen LogP contribution in [0.15, 0.2) is 77.7 Å². The average molecular weight is 538 g/mol. The average Bonchev–Trinajstić information content (AvgIpc) is 2.96. The molecule has 3 aromatic rings. The van der Waals surface area contributed by atoms with Crippen LogP contribution >= 0.6 is 0 Å². The highest BCUT2D eigenvalue weighted by Crippen LogP contribution is 2.33. The minimum atomic E-state index is -4.18. The Kier molecular flexibility index (Phi) is 8.52. The van der Waals surface area contributed by atoms with Gasteiger partial charge in [-0.25, -0.2) is 8.42 Å². The molecule has 1 saturated heterocycles. The monoisotopic (exact) mass is 537 g/mol. The van der Waals surface area contributed by atoms with Crippen LogP contribution in [0.1, 0.15) is 29.6 Å². The zero-order valence-electron chi connectivity index (χ0n) is 21.4. The van der Waals surface area contributed by atoms with Gasteiger partial charge >= 0.3 is 0 Å². The third kappa shape index (κ3) is 5.91. The number of hydrogen-bond acceptors (Lipinski definition) is 6. The molecule has 0 unspecified atom stereocenters. The Hall–Kier alpha value is -4.05. The number of benzene rings is 3. The Balaban J connectivity index is 1.64. The second-order valence-electron chi connectivity index (χ2n) is 8.81. The van der Waals surface area contributed by atoms with E-state index in [9.17, 15) is 18.0 Å². The summed E-state index contributed by atoms with van der Waals surface area (Å²) in [4.78, 5) is 28.3. The topological polar surface area (TPSA) is 105 Å². The Morgan fingerprint density at radius 1 is 0.868 bits per heavy atom. The highest BCUT2D eigenvalue weighted by molar-refractivity contribution is 7.92. The maximum Gasteiger partial charge on any atom is 0.264 e. The van der Waals surface area contributed by atoms with Crippen molar-refractivity contribution in [3.63, 3.8) is 0 Å². The fraction of sp³-hybridized carbons (Fsp3) is 0.286. The lowest BCUT2D eigenvalue weighted by Gasteiger charge is -2.28. The van der Waals surface area contributed by atoms with Crippen LogP contribution in [-0.2, 0) is 14.8 Å². The zero-order valence-corrected chi connectivity index (χ0v) is 22.2. The van der Waals surface area contributed by atoms with E-state index in [-0.39, 0.29) is 22.2 Å². The molecule has 1 aliphatic heterocycles. The van der Waals surface area contributed by atoms with Crippen molar-refractivity contribution >= 4 is 33.2 Å². The highest BCUT2D eigenvalue weighted by atomic mass is 32.2. The standard InChI is InChI=1S/C28H31N3O6S/c1-36-21-14-16-22(17-15-21)38(34,35)31(25-12-6-7-13-26(25)37-2)20-27(32)29-24-11-5-4-10-23(24)28(33)30-18-8-3-9-19-30/h4-7,10-17H,3,8-9,18-20H2,1-2H3,(H,29,32). The first-order valence-corrected chi connectivity index (χ1v) is 13.8. The number of carbonyl (C=O) groups excluding carboxylic acids is 2. The Morgan fingerprint density at radius 2 is 1.53 bits per heavy atom. The fourth-order valence-corrected chi connectivity index (χ4v) is 5.81. The van der Waals surface area contributed by atoms with E-state index in [1.54, 1.807) is 53.4 Å². The zero-order chi connectivity index (χ0) is 27.1. The molecule has 0 aliphatic carbocycles. The quantitative estimate of drug-likeness (QED) is 0.439.